The number of benzene rings is 1. The highest BCUT2D eigenvalue weighted by Crippen LogP contribution is 2.10. The van der Waals surface area contributed by atoms with Gasteiger partial charge in [0.25, 0.3) is 5.91 Å². The second kappa shape index (κ2) is 7.41. The number of hydrogen-bond acceptors (Lipinski definition) is 4. The van der Waals surface area contributed by atoms with E-state index in [1.165, 1.54) is 12.1 Å². The smallest absolute Gasteiger partial charge is 0.310 e. The van der Waals surface area contributed by atoms with Gasteiger partial charge in [-0.2, -0.15) is 0 Å². The van der Waals surface area contributed by atoms with Crippen LogP contribution in [0.4, 0.5) is 0 Å². The van der Waals surface area contributed by atoms with E-state index in [2.05, 4.69) is 5.32 Å². The number of hydrogen-bond donors (Lipinski definition) is 2. The molecule has 1 aromatic rings. The molecule has 0 fully saturated rings. The fourth-order valence-corrected chi connectivity index (χ4v) is 1.35. The van der Waals surface area contributed by atoms with Gasteiger partial charge in [-0.05, 0) is 23.6 Å². The number of phenolic OH excluding ortho intramolecular Hbond substituents is 1. The summed E-state index contributed by atoms with van der Waals surface area (Å²) in [6, 6.07) is 6.26. The molecule has 0 aliphatic carbocycles. The molecule has 0 heterocycles. The molecule has 0 bridgehead atoms. The highest BCUT2D eigenvalue weighted by Gasteiger charge is 2.08. The lowest BCUT2D eigenvalue weighted by Crippen LogP contribution is -2.31. The van der Waals surface area contributed by atoms with Crippen LogP contribution in [0.3, 0.4) is 0 Å². The van der Waals surface area contributed by atoms with E-state index in [1.807, 2.05) is 13.8 Å². The number of aromatic hydroxyl groups is 1. The second-order valence-electron chi connectivity index (χ2n) is 4.70. The third-order valence-corrected chi connectivity index (χ3v) is 2.36. The molecule has 104 valence electrons. The highest BCUT2D eigenvalue weighted by atomic mass is 16.5. The standard InChI is InChI=1S/C14H19NO4/c1-10(2)8-15-13(17)9-19-14(18)7-11-3-5-12(16)6-4-11/h3-6,10,16H,7-9H2,1-2H3,(H,15,17). The van der Waals surface area contributed by atoms with Crippen LogP contribution in [0.1, 0.15) is 19.4 Å². The molecule has 0 radical (unpaired) electrons. The maximum Gasteiger partial charge on any atom is 0.310 e. The van der Waals surface area contributed by atoms with Crippen molar-refractivity contribution in [1.29, 1.82) is 0 Å². The minimum absolute atomic E-state index is 0.0811. The fourth-order valence-electron chi connectivity index (χ4n) is 1.35. The minimum Gasteiger partial charge on any atom is -0.508 e. The van der Waals surface area contributed by atoms with E-state index in [4.69, 9.17) is 9.84 Å². The van der Waals surface area contributed by atoms with Gasteiger partial charge in [-0.25, -0.2) is 0 Å². The van der Waals surface area contributed by atoms with Gasteiger partial charge >= 0.3 is 5.97 Å². The second-order valence-corrected chi connectivity index (χ2v) is 4.70. The summed E-state index contributed by atoms with van der Waals surface area (Å²) in [5, 5.41) is 11.8. The predicted molar refractivity (Wildman–Crippen MR) is 70.6 cm³/mol. The van der Waals surface area contributed by atoms with Gasteiger partial charge in [0.1, 0.15) is 5.75 Å². The lowest BCUT2D eigenvalue weighted by Gasteiger charge is -2.08. The molecule has 0 unspecified atom stereocenters. The first-order valence-corrected chi connectivity index (χ1v) is 6.17. The third-order valence-electron chi connectivity index (χ3n) is 2.36. The van der Waals surface area contributed by atoms with Gasteiger partial charge in [-0.3, -0.25) is 9.59 Å². The normalized spacial score (nSPS) is 10.3. The van der Waals surface area contributed by atoms with Gasteiger partial charge < -0.3 is 15.2 Å². The maximum absolute atomic E-state index is 11.5. The first-order valence-electron chi connectivity index (χ1n) is 6.17. The topological polar surface area (TPSA) is 75.6 Å². The van der Waals surface area contributed by atoms with Crippen LogP contribution >= 0.6 is 0 Å². The first-order chi connectivity index (χ1) is 8.97. The van der Waals surface area contributed by atoms with Crippen molar-refractivity contribution in [3.05, 3.63) is 29.8 Å². The van der Waals surface area contributed by atoms with Crippen molar-refractivity contribution in [2.75, 3.05) is 13.2 Å². The van der Waals surface area contributed by atoms with E-state index in [1.54, 1.807) is 12.1 Å². The summed E-state index contributed by atoms with van der Waals surface area (Å²) in [5.74, 6) is -0.264. The molecule has 2 N–H and O–H groups in total. The molecule has 0 saturated heterocycles. The number of rotatable bonds is 6. The van der Waals surface area contributed by atoms with E-state index in [0.29, 0.717) is 12.5 Å². The molecule has 1 rings (SSSR count). The molecule has 0 spiro atoms. The van der Waals surface area contributed by atoms with Crippen molar-refractivity contribution >= 4 is 11.9 Å². The number of amides is 1. The Morgan fingerprint density at radius 1 is 1.26 bits per heavy atom. The Kier molecular flexibility index (Phi) is 5.85. The van der Waals surface area contributed by atoms with Crippen molar-refractivity contribution < 1.29 is 19.4 Å². The SMILES string of the molecule is CC(C)CNC(=O)COC(=O)Cc1ccc(O)cc1. The number of phenols is 1. The van der Waals surface area contributed by atoms with Crippen LogP contribution in [0.15, 0.2) is 24.3 Å². The van der Waals surface area contributed by atoms with Crippen LogP contribution in [-0.4, -0.2) is 30.1 Å². The number of esters is 1. The zero-order valence-electron chi connectivity index (χ0n) is 11.2. The lowest BCUT2D eigenvalue weighted by molar-refractivity contribution is -0.147. The molecule has 19 heavy (non-hydrogen) atoms. The fraction of sp³-hybridized carbons (Fsp3) is 0.429. The van der Waals surface area contributed by atoms with Gasteiger partial charge in [0.15, 0.2) is 6.61 Å². The summed E-state index contributed by atoms with van der Waals surface area (Å²) in [6.45, 7) is 4.27. The van der Waals surface area contributed by atoms with Crippen molar-refractivity contribution in [2.24, 2.45) is 5.92 Å². The molecule has 5 nitrogen and oxygen atoms in total. The molecular weight excluding hydrogens is 246 g/mol. The summed E-state index contributed by atoms with van der Waals surface area (Å²) in [6.07, 6.45) is 0.0811. The van der Waals surface area contributed by atoms with E-state index in [-0.39, 0.29) is 24.7 Å². The zero-order valence-corrected chi connectivity index (χ0v) is 11.2. The van der Waals surface area contributed by atoms with Crippen molar-refractivity contribution in [3.63, 3.8) is 0 Å². The molecule has 5 heteroatoms. The predicted octanol–water partition coefficient (Wildman–Crippen LogP) is 1.25. The Morgan fingerprint density at radius 3 is 2.47 bits per heavy atom. The Morgan fingerprint density at radius 2 is 1.89 bits per heavy atom. The number of carbonyl (C=O) groups is 2. The summed E-state index contributed by atoms with van der Waals surface area (Å²) < 4.78 is 4.86. The van der Waals surface area contributed by atoms with Crippen LogP contribution in [0.25, 0.3) is 0 Å². The van der Waals surface area contributed by atoms with Gasteiger partial charge in [0.2, 0.25) is 0 Å². The number of carbonyl (C=O) groups excluding carboxylic acids is 2. The minimum atomic E-state index is -0.467. The Bertz CT molecular complexity index is 426. The lowest BCUT2D eigenvalue weighted by atomic mass is 10.1. The molecule has 0 aliphatic heterocycles. The van der Waals surface area contributed by atoms with Crippen molar-refractivity contribution in [3.8, 4) is 5.75 Å². The quantitative estimate of drug-likeness (QED) is 0.759. The molecule has 0 aromatic heterocycles. The van der Waals surface area contributed by atoms with Gasteiger partial charge in [0, 0.05) is 6.54 Å². The van der Waals surface area contributed by atoms with Gasteiger partial charge in [-0.15, -0.1) is 0 Å². The first kappa shape index (κ1) is 15.0. The molecule has 1 amide bonds. The molecular formula is C14H19NO4. The van der Waals surface area contributed by atoms with Crippen LogP contribution in [0.2, 0.25) is 0 Å². The Hall–Kier alpha value is -2.04. The molecule has 0 aliphatic rings. The molecule has 0 atom stereocenters. The van der Waals surface area contributed by atoms with Crippen molar-refractivity contribution in [2.45, 2.75) is 20.3 Å². The van der Waals surface area contributed by atoms with E-state index in [9.17, 15) is 9.59 Å². The summed E-state index contributed by atoms with van der Waals surface area (Å²) >= 11 is 0. The Balaban J connectivity index is 2.28. The highest BCUT2D eigenvalue weighted by molar-refractivity contribution is 5.81. The number of ether oxygens (including phenoxy) is 1. The maximum atomic E-state index is 11.5. The van der Waals surface area contributed by atoms with E-state index < -0.39 is 5.97 Å². The zero-order chi connectivity index (χ0) is 14.3. The monoisotopic (exact) mass is 265 g/mol. The summed E-state index contributed by atoms with van der Waals surface area (Å²) in [5.41, 5.74) is 0.727. The van der Waals surface area contributed by atoms with Crippen molar-refractivity contribution in [1.82, 2.24) is 5.32 Å². The van der Waals surface area contributed by atoms with Crippen LogP contribution in [-0.2, 0) is 20.7 Å². The van der Waals surface area contributed by atoms with Gasteiger partial charge in [-0.1, -0.05) is 26.0 Å². The Labute approximate surface area is 112 Å². The van der Waals surface area contributed by atoms with Crippen LogP contribution in [0.5, 0.6) is 5.75 Å². The third kappa shape index (κ3) is 6.45. The summed E-state index contributed by atoms with van der Waals surface area (Å²) in [7, 11) is 0. The average molecular weight is 265 g/mol. The van der Waals surface area contributed by atoms with E-state index in [0.717, 1.165) is 5.56 Å². The summed E-state index contributed by atoms with van der Waals surface area (Å²) in [4.78, 5) is 22.8. The van der Waals surface area contributed by atoms with E-state index >= 15 is 0 Å². The average Bonchev–Trinajstić information content (AvgIpc) is 2.36. The molecule has 0 saturated carbocycles. The largest absolute Gasteiger partial charge is 0.508 e. The van der Waals surface area contributed by atoms with Gasteiger partial charge in [0.05, 0.1) is 6.42 Å². The number of nitrogens with one attached hydrogen (secondary N) is 1. The molecule has 1 aromatic carbocycles. The van der Waals surface area contributed by atoms with Crippen LogP contribution in [0, 0.1) is 5.92 Å². The van der Waals surface area contributed by atoms with Crippen LogP contribution < -0.4 is 5.32 Å².